The van der Waals surface area contributed by atoms with Crippen molar-refractivity contribution >= 4 is 27.3 Å². The molecule has 0 aliphatic rings. The Bertz CT molecular complexity index is 656. The fourth-order valence-electron chi connectivity index (χ4n) is 1.78. The number of rotatable bonds is 4. The molecule has 2 aromatic carbocycles. The summed E-state index contributed by atoms with van der Waals surface area (Å²) in [6.45, 7) is 0.292. The molecule has 2 rings (SSSR count). The Balaban J connectivity index is 2.38. The number of halogens is 1. The molecule has 0 N–H and O–H groups in total. The predicted molar refractivity (Wildman–Crippen MR) is 78.9 cm³/mol. The minimum absolute atomic E-state index is 0.292. The van der Waals surface area contributed by atoms with Crippen LogP contribution < -0.4 is 4.31 Å². The van der Waals surface area contributed by atoms with E-state index in [9.17, 15) is 8.42 Å². The van der Waals surface area contributed by atoms with Crippen molar-refractivity contribution in [1.82, 2.24) is 0 Å². The molecule has 0 fully saturated rings. The predicted octanol–water partition coefficient (Wildman–Crippen LogP) is 3.31. The molecule has 0 aliphatic heterocycles. The topological polar surface area (TPSA) is 37.4 Å². The highest BCUT2D eigenvalue weighted by atomic mass is 35.5. The molecule has 0 spiro atoms. The van der Waals surface area contributed by atoms with Crippen molar-refractivity contribution in [2.45, 2.75) is 6.54 Å². The van der Waals surface area contributed by atoms with Crippen LogP contribution in [0.15, 0.2) is 54.6 Å². The quantitative estimate of drug-likeness (QED) is 0.868. The third kappa shape index (κ3) is 3.72. The maximum Gasteiger partial charge on any atom is 0.232 e. The summed E-state index contributed by atoms with van der Waals surface area (Å²) in [5.41, 5.74) is 1.49. The summed E-state index contributed by atoms with van der Waals surface area (Å²) in [7, 11) is -3.36. The lowest BCUT2D eigenvalue weighted by molar-refractivity contribution is 0.596. The lowest BCUT2D eigenvalue weighted by Crippen LogP contribution is -2.29. The third-order valence-corrected chi connectivity index (χ3v) is 4.04. The highest BCUT2D eigenvalue weighted by molar-refractivity contribution is 7.92. The lowest BCUT2D eigenvalue weighted by atomic mass is 10.2. The van der Waals surface area contributed by atoms with Crippen LogP contribution in [0.1, 0.15) is 5.56 Å². The first-order chi connectivity index (χ1) is 8.97. The van der Waals surface area contributed by atoms with E-state index in [0.717, 1.165) is 5.56 Å². The molecule has 0 aliphatic carbocycles. The first-order valence-electron chi connectivity index (χ1n) is 5.74. The van der Waals surface area contributed by atoms with Gasteiger partial charge in [0, 0.05) is 5.02 Å². The van der Waals surface area contributed by atoms with Gasteiger partial charge in [0.2, 0.25) is 10.0 Å². The van der Waals surface area contributed by atoms with E-state index in [1.54, 1.807) is 24.3 Å². The molecule has 0 saturated heterocycles. The summed E-state index contributed by atoms with van der Waals surface area (Å²) >= 11 is 5.92. The van der Waals surface area contributed by atoms with Gasteiger partial charge < -0.3 is 0 Å². The number of anilines is 1. The molecule has 19 heavy (non-hydrogen) atoms. The molecule has 0 saturated carbocycles. The maximum absolute atomic E-state index is 11.9. The SMILES string of the molecule is CS(=O)(=O)N(Cc1ccccc1)c1cccc(Cl)c1. The third-order valence-electron chi connectivity index (χ3n) is 2.67. The molecule has 0 atom stereocenters. The van der Waals surface area contributed by atoms with Crippen molar-refractivity contribution in [1.29, 1.82) is 0 Å². The van der Waals surface area contributed by atoms with Gasteiger partial charge in [-0.05, 0) is 23.8 Å². The zero-order valence-corrected chi connectivity index (χ0v) is 12.0. The number of hydrogen-bond acceptors (Lipinski definition) is 2. The largest absolute Gasteiger partial charge is 0.266 e. The molecule has 0 heterocycles. The Labute approximate surface area is 118 Å². The smallest absolute Gasteiger partial charge is 0.232 e. The molecular formula is C14H14ClNO2S. The van der Waals surface area contributed by atoms with Crippen LogP contribution >= 0.6 is 11.6 Å². The van der Waals surface area contributed by atoms with Crippen LogP contribution in [-0.2, 0) is 16.6 Å². The zero-order chi connectivity index (χ0) is 13.9. The van der Waals surface area contributed by atoms with Crippen molar-refractivity contribution < 1.29 is 8.42 Å². The molecule has 5 heteroatoms. The lowest BCUT2D eigenvalue weighted by Gasteiger charge is -2.22. The molecular weight excluding hydrogens is 282 g/mol. The van der Waals surface area contributed by atoms with Crippen LogP contribution in [0.25, 0.3) is 0 Å². The molecule has 3 nitrogen and oxygen atoms in total. The second kappa shape index (κ2) is 5.63. The van der Waals surface area contributed by atoms with Crippen molar-refractivity contribution in [3.05, 3.63) is 65.2 Å². The maximum atomic E-state index is 11.9. The average Bonchev–Trinajstić information content (AvgIpc) is 2.36. The van der Waals surface area contributed by atoms with E-state index in [1.807, 2.05) is 30.3 Å². The first-order valence-corrected chi connectivity index (χ1v) is 7.96. The van der Waals surface area contributed by atoms with Gasteiger partial charge in [-0.25, -0.2) is 8.42 Å². The standard InChI is InChI=1S/C14H14ClNO2S/c1-19(17,18)16(11-12-6-3-2-4-7-12)14-9-5-8-13(15)10-14/h2-10H,11H2,1H3. The van der Waals surface area contributed by atoms with Gasteiger partial charge in [-0.3, -0.25) is 4.31 Å². The van der Waals surface area contributed by atoms with Gasteiger partial charge in [0.15, 0.2) is 0 Å². The van der Waals surface area contributed by atoms with Crippen LogP contribution in [0, 0.1) is 0 Å². The van der Waals surface area contributed by atoms with Gasteiger partial charge in [0.25, 0.3) is 0 Å². The van der Waals surface area contributed by atoms with E-state index in [4.69, 9.17) is 11.6 Å². The molecule has 0 amide bonds. The molecule has 0 bridgehead atoms. The van der Waals surface area contributed by atoms with Crippen LogP contribution in [0.2, 0.25) is 5.02 Å². The van der Waals surface area contributed by atoms with Gasteiger partial charge in [-0.15, -0.1) is 0 Å². The van der Waals surface area contributed by atoms with Crippen molar-refractivity contribution in [2.75, 3.05) is 10.6 Å². The fraction of sp³-hybridized carbons (Fsp3) is 0.143. The van der Waals surface area contributed by atoms with Gasteiger partial charge in [0.1, 0.15) is 0 Å². The van der Waals surface area contributed by atoms with Crippen LogP contribution in [0.5, 0.6) is 0 Å². The van der Waals surface area contributed by atoms with Crippen LogP contribution in [-0.4, -0.2) is 14.7 Å². The fourth-order valence-corrected chi connectivity index (χ4v) is 2.85. The summed E-state index contributed by atoms with van der Waals surface area (Å²) in [6.07, 6.45) is 1.19. The van der Waals surface area contributed by atoms with E-state index in [1.165, 1.54) is 10.6 Å². The Morgan fingerprint density at radius 2 is 1.74 bits per heavy atom. The Morgan fingerprint density at radius 3 is 2.32 bits per heavy atom. The summed E-state index contributed by atoms with van der Waals surface area (Å²) < 4.78 is 25.2. The minimum atomic E-state index is -3.36. The summed E-state index contributed by atoms with van der Waals surface area (Å²) in [5.74, 6) is 0. The molecule has 0 unspecified atom stereocenters. The van der Waals surface area contributed by atoms with E-state index in [2.05, 4.69) is 0 Å². The van der Waals surface area contributed by atoms with Crippen LogP contribution in [0.3, 0.4) is 0 Å². The minimum Gasteiger partial charge on any atom is -0.266 e. The van der Waals surface area contributed by atoms with Crippen molar-refractivity contribution in [3.8, 4) is 0 Å². The average molecular weight is 296 g/mol. The molecule has 2 aromatic rings. The van der Waals surface area contributed by atoms with Gasteiger partial charge in [-0.2, -0.15) is 0 Å². The van der Waals surface area contributed by atoms with Crippen molar-refractivity contribution in [3.63, 3.8) is 0 Å². The van der Waals surface area contributed by atoms with Crippen LogP contribution in [0.4, 0.5) is 5.69 Å². The first kappa shape index (κ1) is 13.9. The number of nitrogens with zero attached hydrogens (tertiary/aromatic N) is 1. The summed E-state index contributed by atoms with van der Waals surface area (Å²) in [6, 6.07) is 16.3. The van der Waals surface area contributed by atoms with E-state index in [-0.39, 0.29) is 0 Å². The molecule has 100 valence electrons. The van der Waals surface area contributed by atoms with E-state index < -0.39 is 10.0 Å². The number of sulfonamides is 1. The number of benzene rings is 2. The van der Waals surface area contributed by atoms with Gasteiger partial charge in [0.05, 0.1) is 18.5 Å². The number of hydrogen-bond donors (Lipinski definition) is 0. The second-order valence-corrected chi connectivity index (χ2v) is 6.58. The monoisotopic (exact) mass is 295 g/mol. The molecule has 0 aromatic heterocycles. The van der Waals surface area contributed by atoms with Gasteiger partial charge in [-0.1, -0.05) is 48.0 Å². The molecule has 0 radical (unpaired) electrons. The Kier molecular flexibility index (Phi) is 4.12. The van der Waals surface area contributed by atoms with Gasteiger partial charge >= 0.3 is 0 Å². The normalized spacial score (nSPS) is 11.3. The summed E-state index contributed by atoms with van der Waals surface area (Å²) in [4.78, 5) is 0. The summed E-state index contributed by atoms with van der Waals surface area (Å²) in [5, 5.41) is 0.513. The highest BCUT2D eigenvalue weighted by Gasteiger charge is 2.17. The van der Waals surface area contributed by atoms with E-state index >= 15 is 0 Å². The highest BCUT2D eigenvalue weighted by Crippen LogP contribution is 2.23. The Hall–Kier alpha value is -1.52. The van der Waals surface area contributed by atoms with E-state index in [0.29, 0.717) is 17.3 Å². The second-order valence-electron chi connectivity index (χ2n) is 4.24. The van der Waals surface area contributed by atoms with Crippen molar-refractivity contribution in [2.24, 2.45) is 0 Å². The Morgan fingerprint density at radius 1 is 1.05 bits per heavy atom. The zero-order valence-electron chi connectivity index (χ0n) is 10.5.